The highest BCUT2D eigenvalue weighted by molar-refractivity contribution is 5.94. The van der Waals surface area contributed by atoms with Gasteiger partial charge >= 0.3 is 6.61 Å². The highest BCUT2D eigenvalue weighted by atomic mass is 19.3. The number of ether oxygens (including phenoxy) is 1. The van der Waals surface area contributed by atoms with Gasteiger partial charge in [-0.15, -0.1) is 0 Å². The monoisotopic (exact) mass is 488 g/mol. The maximum Gasteiger partial charge on any atom is 0.387 e. The number of alkyl halides is 2. The highest BCUT2D eigenvalue weighted by Crippen LogP contribution is 2.32. The van der Waals surface area contributed by atoms with Gasteiger partial charge in [-0.05, 0) is 55.2 Å². The zero-order valence-electron chi connectivity index (χ0n) is 20.9. The van der Waals surface area contributed by atoms with Crippen molar-refractivity contribution in [2.75, 3.05) is 6.54 Å². The second-order valence-corrected chi connectivity index (χ2v) is 10.7. The Bertz CT molecular complexity index is 1100. The van der Waals surface area contributed by atoms with Crippen molar-refractivity contribution in [3.63, 3.8) is 0 Å². The molecule has 1 fully saturated rings. The van der Waals surface area contributed by atoms with Crippen LogP contribution in [0.1, 0.15) is 74.5 Å². The topological polar surface area (TPSA) is 100 Å². The standard InChI is InChI=1S/C26H34F2N4O3/c1-15-6-8-18(21(33)10-15)14-30-24(34)23-20(13-29)32(16(2)31-23)19-9-7-17(12-26(3,4)5)11-22(19)35-25(27)28/h7,9,11,15,18,21,25,33H,6,8,10,12,14H2,1-5H3,(H,30,34)/t15-,18+,21?/m1/s1. The first kappa shape index (κ1) is 26.6. The molecule has 2 aromatic rings. The van der Waals surface area contributed by atoms with Crippen molar-refractivity contribution in [2.45, 2.75) is 73.0 Å². The maximum atomic E-state index is 13.2. The van der Waals surface area contributed by atoms with E-state index in [1.807, 2.05) is 26.8 Å². The van der Waals surface area contributed by atoms with Gasteiger partial charge in [0.15, 0.2) is 11.4 Å². The molecular formula is C26H34F2N4O3. The number of nitrogens with zero attached hydrogens (tertiary/aromatic N) is 3. The number of imidazole rings is 1. The molecule has 0 aliphatic heterocycles. The van der Waals surface area contributed by atoms with Gasteiger partial charge in [0.25, 0.3) is 5.91 Å². The van der Waals surface area contributed by atoms with E-state index >= 15 is 0 Å². The Morgan fingerprint density at radius 1 is 1.37 bits per heavy atom. The van der Waals surface area contributed by atoms with Crippen LogP contribution >= 0.6 is 0 Å². The molecule has 190 valence electrons. The molecule has 1 heterocycles. The number of hydrogen-bond acceptors (Lipinski definition) is 5. The molecule has 2 N–H and O–H groups in total. The summed E-state index contributed by atoms with van der Waals surface area (Å²) in [6.07, 6.45) is 2.62. The molecule has 1 amide bonds. The summed E-state index contributed by atoms with van der Waals surface area (Å²) in [6.45, 7) is 7.03. The Hall–Kier alpha value is -2.99. The number of hydrogen-bond donors (Lipinski definition) is 2. The average Bonchev–Trinajstić information content (AvgIpc) is 3.07. The number of aryl methyl sites for hydroxylation is 1. The summed E-state index contributed by atoms with van der Waals surface area (Å²) in [7, 11) is 0. The van der Waals surface area contributed by atoms with E-state index in [1.165, 1.54) is 4.57 Å². The summed E-state index contributed by atoms with van der Waals surface area (Å²) in [5.41, 5.74) is 0.791. The van der Waals surface area contributed by atoms with Crippen molar-refractivity contribution < 1.29 is 23.4 Å². The Morgan fingerprint density at radius 3 is 2.69 bits per heavy atom. The van der Waals surface area contributed by atoms with Gasteiger partial charge in [0.2, 0.25) is 0 Å². The fraction of sp³-hybridized carbons (Fsp3) is 0.577. The lowest BCUT2D eigenvalue weighted by atomic mass is 9.81. The number of aromatic nitrogens is 2. The van der Waals surface area contributed by atoms with Gasteiger partial charge in [0, 0.05) is 12.5 Å². The summed E-state index contributed by atoms with van der Waals surface area (Å²) in [5.74, 6) is 0.0335. The number of carbonyl (C=O) groups is 1. The average molecular weight is 489 g/mol. The van der Waals surface area contributed by atoms with Crippen LogP contribution in [0.5, 0.6) is 5.75 Å². The third-order valence-corrected chi connectivity index (χ3v) is 6.32. The normalized spacial score (nSPS) is 20.5. The molecule has 1 aromatic carbocycles. The number of rotatable bonds is 7. The van der Waals surface area contributed by atoms with E-state index in [-0.39, 0.29) is 40.7 Å². The number of halogens is 2. The van der Waals surface area contributed by atoms with Gasteiger partial charge in [-0.3, -0.25) is 9.36 Å². The minimum absolute atomic E-state index is 0.0646. The van der Waals surface area contributed by atoms with Crippen molar-refractivity contribution in [1.82, 2.24) is 14.9 Å². The first-order valence-electron chi connectivity index (χ1n) is 11.9. The van der Waals surface area contributed by atoms with Crippen molar-refractivity contribution in [1.29, 1.82) is 5.26 Å². The molecule has 3 atom stereocenters. The molecule has 0 saturated heterocycles. The lowest BCUT2D eigenvalue weighted by Crippen LogP contribution is -2.38. The lowest BCUT2D eigenvalue weighted by molar-refractivity contribution is -0.0499. The molecule has 1 aromatic heterocycles. The maximum absolute atomic E-state index is 13.2. The Kier molecular flexibility index (Phi) is 8.16. The smallest absolute Gasteiger partial charge is 0.387 e. The van der Waals surface area contributed by atoms with E-state index in [1.54, 1.807) is 25.1 Å². The Morgan fingerprint density at radius 2 is 2.09 bits per heavy atom. The lowest BCUT2D eigenvalue weighted by Gasteiger charge is -2.31. The zero-order chi connectivity index (χ0) is 25.9. The molecule has 1 aliphatic carbocycles. The van der Waals surface area contributed by atoms with E-state index in [0.717, 1.165) is 18.4 Å². The van der Waals surface area contributed by atoms with E-state index in [9.17, 15) is 23.9 Å². The molecule has 3 rings (SSSR count). The van der Waals surface area contributed by atoms with Crippen molar-refractivity contribution in [3.05, 3.63) is 41.0 Å². The molecule has 0 spiro atoms. The van der Waals surface area contributed by atoms with Crippen molar-refractivity contribution >= 4 is 5.91 Å². The third kappa shape index (κ3) is 6.57. The molecule has 35 heavy (non-hydrogen) atoms. The van der Waals surface area contributed by atoms with Crippen LogP contribution in [0.2, 0.25) is 0 Å². The predicted octanol–water partition coefficient (Wildman–Crippen LogP) is 4.77. The van der Waals surface area contributed by atoms with Gasteiger partial charge in [0.1, 0.15) is 17.6 Å². The molecule has 1 unspecified atom stereocenters. The number of nitriles is 1. The van der Waals surface area contributed by atoms with Crippen molar-refractivity contribution in [3.8, 4) is 17.5 Å². The van der Waals surface area contributed by atoms with Gasteiger partial charge in [0.05, 0.1) is 11.8 Å². The van der Waals surface area contributed by atoms with Gasteiger partial charge in [-0.2, -0.15) is 14.0 Å². The first-order chi connectivity index (χ1) is 16.4. The second-order valence-electron chi connectivity index (χ2n) is 10.7. The number of aliphatic hydroxyl groups is 1. The SMILES string of the molecule is Cc1nc(C(=O)NC[C@@H]2CC[C@@H](C)CC2O)c(C#N)n1-c1ccc(CC(C)(C)C)cc1OC(F)F. The zero-order valence-corrected chi connectivity index (χ0v) is 20.9. The van der Waals surface area contributed by atoms with Gasteiger partial charge in [-0.25, -0.2) is 4.98 Å². The second kappa shape index (κ2) is 10.7. The van der Waals surface area contributed by atoms with Crippen LogP contribution in [0.3, 0.4) is 0 Å². The summed E-state index contributed by atoms with van der Waals surface area (Å²) in [5, 5.41) is 23.0. The highest BCUT2D eigenvalue weighted by Gasteiger charge is 2.29. The van der Waals surface area contributed by atoms with E-state index < -0.39 is 18.6 Å². The van der Waals surface area contributed by atoms with E-state index in [2.05, 4.69) is 17.2 Å². The molecule has 0 radical (unpaired) electrons. The summed E-state index contributed by atoms with van der Waals surface area (Å²) in [6, 6.07) is 6.94. The summed E-state index contributed by atoms with van der Waals surface area (Å²) < 4.78 is 32.6. The van der Waals surface area contributed by atoms with Crippen LogP contribution in [0.4, 0.5) is 8.78 Å². The number of benzene rings is 1. The summed E-state index contributed by atoms with van der Waals surface area (Å²) in [4.78, 5) is 17.2. The fourth-order valence-corrected chi connectivity index (χ4v) is 4.70. The van der Waals surface area contributed by atoms with E-state index in [0.29, 0.717) is 24.6 Å². The van der Waals surface area contributed by atoms with Crippen LogP contribution in [0.25, 0.3) is 5.69 Å². The van der Waals surface area contributed by atoms with Crippen LogP contribution < -0.4 is 10.1 Å². The number of amides is 1. The molecule has 9 heteroatoms. The molecule has 0 bridgehead atoms. The van der Waals surface area contributed by atoms with Crippen LogP contribution in [0, 0.1) is 35.5 Å². The van der Waals surface area contributed by atoms with Crippen LogP contribution in [-0.4, -0.2) is 39.8 Å². The van der Waals surface area contributed by atoms with Gasteiger partial charge < -0.3 is 15.2 Å². The number of carbonyl (C=O) groups excluding carboxylic acids is 1. The Balaban J connectivity index is 1.91. The molecule has 1 saturated carbocycles. The van der Waals surface area contributed by atoms with E-state index in [4.69, 9.17) is 4.74 Å². The minimum Gasteiger partial charge on any atom is -0.433 e. The quantitative estimate of drug-likeness (QED) is 0.585. The predicted molar refractivity (Wildman–Crippen MR) is 128 cm³/mol. The number of aliphatic hydroxyl groups excluding tert-OH is 1. The Labute approximate surface area is 205 Å². The minimum atomic E-state index is -3.06. The van der Waals surface area contributed by atoms with Crippen LogP contribution in [-0.2, 0) is 6.42 Å². The third-order valence-electron chi connectivity index (χ3n) is 6.32. The summed E-state index contributed by atoms with van der Waals surface area (Å²) >= 11 is 0. The molecule has 7 nitrogen and oxygen atoms in total. The molecular weight excluding hydrogens is 454 g/mol. The largest absolute Gasteiger partial charge is 0.433 e. The number of nitrogens with one attached hydrogen (secondary N) is 1. The molecule has 1 aliphatic rings. The fourth-order valence-electron chi connectivity index (χ4n) is 4.70. The van der Waals surface area contributed by atoms with Gasteiger partial charge in [-0.1, -0.05) is 40.2 Å². The first-order valence-corrected chi connectivity index (χ1v) is 11.9. The van der Waals surface area contributed by atoms with Crippen molar-refractivity contribution in [2.24, 2.45) is 17.3 Å². The van der Waals surface area contributed by atoms with Crippen LogP contribution in [0.15, 0.2) is 18.2 Å².